The first-order chi connectivity index (χ1) is 11.9. The van der Waals surface area contributed by atoms with Crippen LogP contribution in [0.15, 0.2) is 42.5 Å². The van der Waals surface area contributed by atoms with Gasteiger partial charge in [-0.2, -0.15) is 0 Å². The van der Waals surface area contributed by atoms with Crippen LogP contribution in [-0.4, -0.2) is 18.6 Å². The molecule has 2 aromatic rings. The summed E-state index contributed by atoms with van der Waals surface area (Å²) in [4.78, 5) is 12.6. The van der Waals surface area contributed by atoms with Crippen molar-refractivity contribution in [3.63, 3.8) is 0 Å². The predicted octanol–water partition coefficient (Wildman–Crippen LogP) is 3.96. The van der Waals surface area contributed by atoms with Crippen molar-refractivity contribution in [1.29, 1.82) is 0 Å². The fourth-order valence-electron chi connectivity index (χ4n) is 3.28. The SMILES string of the molecule is COc1ccc(CC(=O)NC2CC(C)(C)Oc3ccc(C)cc32)cc1. The summed E-state index contributed by atoms with van der Waals surface area (Å²) in [5.74, 6) is 1.66. The molecule has 0 saturated heterocycles. The first kappa shape index (κ1) is 17.3. The number of methoxy groups -OCH3 is 1. The van der Waals surface area contributed by atoms with Crippen LogP contribution < -0.4 is 14.8 Å². The highest BCUT2D eigenvalue weighted by Crippen LogP contribution is 2.39. The second kappa shape index (κ2) is 6.79. The lowest BCUT2D eigenvalue weighted by Crippen LogP contribution is -2.41. The summed E-state index contributed by atoms with van der Waals surface area (Å²) in [7, 11) is 1.63. The number of carbonyl (C=O) groups is 1. The van der Waals surface area contributed by atoms with E-state index < -0.39 is 0 Å². The molecule has 1 heterocycles. The van der Waals surface area contributed by atoms with E-state index in [9.17, 15) is 4.79 Å². The number of nitrogens with one attached hydrogen (secondary N) is 1. The number of benzene rings is 2. The van der Waals surface area contributed by atoms with E-state index in [1.165, 1.54) is 0 Å². The number of hydrogen-bond donors (Lipinski definition) is 1. The summed E-state index contributed by atoms with van der Waals surface area (Å²) < 4.78 is 11.2. The van der Waals surface area contributed by atoms with Crippen LogP contribution in [0.25, 0.3) is 0 Å². The number of hydrogen-bond acceptors (Lipinski definition) is 3. The van der Waals surface area contributed by atoms with E-state index in [1.807, 2.05) is 36.4 Å². The smallest absolute Gasteiger partial charge is 0.224 e. The highest BCUT2D eigenvalue weighted by atomic mass is 16.5. The third-order valence-electron chi connectivity index (χ3n) is 4.48. The molecule has 0 aliphatic carbocycles. The Hall–Kier alpha value is -2.49. The molecule has 4 heteroatoms. The van der Waals surface area contributed by atoms with E-state index in [0.29, 0.717) is 6.42 Å². The first-order valence-corrected chi connectivity index (χ1v) is 8.58. The summed E-state index contributed by atoms with van der Waals surface area (Å²) in [6.45, 7) is 6.16. The minimum atomic E-state index is -0.305. The Morgan fingerprint density at radius 3 is 2.64 bits per heavy atom. The maximum atomic E-state index is 12.6. The van der Waals surface area contributed by atoms with Crippen molar-refractivity contribution in [2.24, 2.45) is 0 Å². The van der Waals surface area contributed by atoms with Crippen LogP contribution in [0.3, 0.4) is 0 Å². The van der Waals surface area contributed by atoms with Crippen molar-refractivity contribution in [1.82, 2.24) is 5.32 Å². The second-order valence-electron chi connectivity index (χ2n) is 7.25. The Morgan fingerprint density at radius 1 is 1.24 bits per heavy atom. The van der Waals surface area contributed by atoms with Crippen molar-refractivity contribution >= 4 is 5.91 Å². The number of fused-ring (bicyclic) bond motifs is 1. The fourth-order valence-corrected chi connectivity index (χ4v) is 3.28. The Balaban J connectivity index is 1.74. The minimum absolute atomic E-state index is 0.0142. The lowest BCUT2D eigenvalue weighted by molar-refractivity contribution is -0.121. The number of amides is 1. The highest BCUT2D eigenvalue weighted by Gasteiger charge is 2.34. The Labute approximate surface area is 149 Å². The third kappa shape index (κ3) is 4.13. The molecule has 0 bridgehead atoms. The molecule has 1 unspecified atom stereocenters. The molecule has 0 aromatic heterocycles. The zero-order valence-electron chi connectivity index (χ0n) is 15.3. The van der Waals surface area contributed by atoms with Gasteiger partial charge in [-0.3, -0.25) is 4.79 Å². The molecule has 0 spiro atoms. The standard InChI is InChI=1S/C21H25NO3/c1-14-5-10-19-17(11-14)18(13-21(2,3)25-19)22-20(23)12-15-6-8-16(24-4)9-7-15/h5-11,18H,12-13H2,1-4H3,(H,22,23). The van der Waals surface area contributed by atoms with E-state index in [0.717, 1.165) is 34.6 Å². The van der Waals surface area contributed by atoms with Crippen LogP contribution in [0.1, 0.15) is 43.0 Å². The van der Waals surface area contributed by atoms with Crippen molar-refractivity contribution in [2.45, 2.75) is 45.3 Å². The average Bonchev–Trinajstić information content (AvgIpc) is 2.55. The molecule has 1 atom stereocenters. The summed E-state index contributed by atoms with van der Waals surface area (Å²) >= 11 is 0. The third-order valence-corrected chi connectivity index (χ3v) is 4.48. The zero-order chi connectivity index (χ0) is 18.0. The van der Waals surface area contributed by atoms with E-state index in [-0.39, 0.29) is 17.6 Å². The van der Waals surface area contributed by atoms with Gasteiger partial charge in [-0.1, -0.05) is 29.8 Å². The molecule has 1 aliphatic heterocycles. The van der Waals surface area contributed by atoms with E-state index in [2.05, 4.69) is 32.2 Å². The predicted molar refractivity (Wildman–Crippen MR) is 98.1 cm³/mol. The molecule has 25 heavy (non-hydrogen) atoms. The van der Waals surface area contributed by atoms with Crippen LogP contribution in [-0.2, 0) is 11.2 Å². The van der Waals surface area contributed by atoms with Crippen molar-refractivity contribution < 1.29 is 14.3 Å². The van der Waals surface area contributed by atoms with Gasteiger partial charge in [0.05, 0.1) is 19.6 Å². The summed E-state index contributed by atoms with van der Waals surface area (Å²) in [5.41, 5.74) is 2.88. The van der Waals surface area contributed by atoms with Gasteiger partial charge in [-0.15, -0.1) is 0 Å². The molecule has 2 aromatic carbocycles. The topological polar surface area (TPSA) is 47.6 Å². The number of aryl methyl sites for hydroxylation is 1. The van der Waals surface area contributed by atoms with Gasteiger partial charge in [0.1, 0.15) is 17.1 Å². The molecule has 132 valence electrons. The van der Waals surface area contributed by atoms with Crippen LogP contribution in [0.5, 0.6) is 11.5 Å². The van der Waals surface area contributed by atoms with Gasteiger partial charge >= 0.3 is 0 Å². The largest absolute Gasteiger partial charge is 0.497 e. The second-order valence-corrected chi connectivity index (χ2v) is 7.25. The first-order valence-electron chi connectivity index (χ1n) is 8.58. The molecule has 1 aliphatic rings. The van der Waals surface area contributed by atoms with Gasteiger partial charge < -0.3 is 14.8 Å². The normalized spacial score (nSPS) is 18.0. The van der Waals surface area contributed by atoms with E-state index in [4.69, 9.17) is 9.47 Å². The fraction of sp³-hybridized carbons (Fsp3) is 0.381. The molecule has 0 fully saturated rings. The lowest BCUT2D eigenvalue weighted by atomic mass is 9.89. The Morgan fingerprint density at radius 2 is 1.96 bits per heavy atom. The Kier molecular flexibility index (Phi) is 4.71. The van der Waals surface area contributed by atoms with Gasteiger partial charge in [0, 0.05) is 12.0 Å². The lowest BCUT2D eigenvalue weighted by Gasteiger charge is -2.38. The van der Waals surface area contributed by atoms with Crippen molar-refractivity contribution in [2.75, 3.05) is 7.11 Å². The van der Waals surface area contributed by atoms with Gasteiger partial charge in [-0.25, -0.2) is 0 Å². The summed E-state index contributed by atoms with van der Waals surface area (Å²) in [6, 6.07) is 13.7. The molecule has 4 nitrogen and oxygen atoms in total. The zero-order valence-corrected chi connectivity index (χ0v) is 15.3. The van der Waals surface area contributed by atoms with Crippen molar-refractivity contribution in [3.8, 4) is 11.5 Å². The molecule has 0 radical (unpaired) electrons. The number of ether oxygens (including phenoxy) is 2. The monoisotopic (exact) mass is 339 g/mol. The Bertz CT molecular complexity index is 765. The maximum Gasteiger partial charge on any atom is 0.224 e. The van der Waals surface area contributed by atoms with Gasteiger partial charge in [0.25, 0.3) is 0 Å². The molecule has 3 rings (SSSR count). The summed E-state index contributed by atoms with van der Waals surface area (Å²) in [6.07, 6.45) is 1.10. The highest BCUT2D eigenvalue weighted by molar-refractivity contribution is 5.79. The van der Waals surface area contributed by atoms with Crippen LogP contribution in [0, 0.1) is 6.92 Å². The quantitative estimate of drug-likeness (QED) is 0.917. The van der Waals surface area contributed by atoms with E-state index in [1.54, 1.807) is 7.11 Å². The van der Waals surface area contributed by atoms with Crippen LogP contribution in [0.2, 0.25) is 0 Å². The number of carbonyl (C=O) groups excluding carboxylic acids is 1. The van der Waals surface area contributed by atoms with Gasteiger partial charge in [-0.05, 0) is 44.5 Å². The van der Waals surface area contributed by atoms with Crippen LogP contribution >= 0.6 is 0 Å². The molecule has 1 amide bonds. The van der Waals surface area contributed by atoms with Crippen molar-refractivity contribution in [3.05, 3.63) is 59.2 Å². The van der Waals surface area contributed by atoms with Gasteiger partial charge in [0.2, 0.25) is 5.91 Å². The molecule has 0 saturated carbocycles. The molecular formula is C21H25NO3. The van der Waals surface area contributed by atoms with Crippen LogP contribution in [0.4, 0.5) is 0 Å². The molecule has 1 N–H and O–H groups in total. The number of rotatable bonds is 4. The van der Waals surface area contributed by atoms with Gasteiger partial charge in [0.15, 0.2) is 0 Å². The maximum absolute atomic E-state index is 12.6. The minimum Gasteiger partial charge on any atom is -0.497 e. The van der Waals surface area contributed by atoms with E-state index >= 15 is 0 Å². The average molecular weight is 339 g/mol. The molecular weight excluding hydrogens is 314 g/mol. The summed E-state index contributed by atoms with van der Waals surface area (Å²) in [5, 5.41) is 3.18.